The predicted molar refractivity (Wildman–Crippen MR) is 79.1 cm³/mol. The molecule has 6 nitrogen and oxygen atoms in total. The molecule has 0 aliphatic rings. The first kappa shape index (κ1) is 17.1. The highest BCUT2D eigenvalue weighted by Gasteiger charge is 2.17. The fraction of sp³-hybridized carbons (Fsp3) is 0.417. The van der Waals surface area contributed by atoms with Crippen molar-refractivity contribution in [2.24, 2.45) is 5.14 Å². The number of carbonyl (C=O) groups excluding carboxylic acids is 1. The van der Waals surface area contributed by atoms with Crippen LogP contribution in [0, 0.1) is 6.92 Å². The molecule has 0 radical (unpaired) electrons. The highest BCUT2D eigenvalue weighted by atomic mass is 79.9. The minimum absolute atomic E-state index is 0.111. The lowest BCUT2D eigenvalue weighted by Crippen LogP contribution is -2.32. The topological polar surface area (TPSA) is 98.5 Å². The van der Waals surface area contributed by atoms with Gasteiger partial charge in [0.2, 0.25) is 10.0 Å². The Kier molecular flexibility index (Phi) is 5.69. The van der Waals surface area contributed by atoms with Gasteiger partial charge in [0, 0.05) is 23.7 Å². The summed E-state index contributed by atoms with van der Waals surface area (Å²) in [5.41, 5.74) is 0.895. The minimum atomic E-state index is -3.87. The van der Waals surface area contributed by atoms with E-state index in [2.05, 4.69) is 21.2 Å². The summed E-state index contributed by atoms with van der Waals surface area (Å²) in [5, 5.41) is 7.76. The zero-order chi connectivity index (χ0) is 15.5. The number of methoxy groups -OCH3 is 1. The quantitative estimate of drug-likeness (QED) is 0.818. The Balaban J connectivity index is 3.11. The van der Waals surface area contributed by atoms with E-state index >= 15 is 0 Å². The van der Waals surface area contributed by atoms with Gasteiger partial charge in [0.25, 0.3) is 5.91 Å². The molecule has 0 fully saturated rings. The molecule has 0 aromatic heterocycles. The average Bonchev–Trinajstić information content (AvgIpc) is 2.37. The van der Waals surface area contributed by atoms with E-state index in [1.165, 1.54) is 12.1 Å². The molecule has 1 aromatic rings. The maximum atomic E-state index is 12.1. The van der Waals surface area contributed by atoms with E-state index in [1.807, 2.05) is 6.92 Å². The van der Waals surface area contributed by atoms with E-state index < -0.39 is 10.0 Å². The van der Waals surface area contributed by atoms with E-state index in [-0.39, 0.29) is 22.5 Å². The van der Waals surface area contributed by atoms with Crippen molar-refractivity contribution >= 4 is 31.9 Å². The van der Waals surface area contributed by atoms with Crippen LogP contribution in [0.1, 0.15) is 22.8 Å². The third-order valence-corrected chi connectivity index (χ3v) is 4.56. The third-order valence-electron chi connectivity index (χ3n) is 2.84. The van der Waals surface area contributed by atoms with Crippen LogP contribution in [-0.4, -0.2) is 34.1 Å². The molecule has 1 aromatic carbocycles. The van der Waals surface area contributed by atoms with Gasteiger partial charge in [-0.1, -0.05) is 15.9 Å². The van der Waals surface area contributed by atoms with Crippen LogP contribution in [0.3, 0.4) is 0 Å². The van der Waals surface area contributed by atoms with Gasteiger partial charge in [-0.15, -0.1) is 0 Å². The van der Waals surface area contributed by atoms with Crippen molar-refractivity contribution < 1.29 is 17.9 Å². The standard InChI is InChI=1S/C12H17BrN2O4S/c1-7(19-3)6-15-12(16)10-4-9(20(14,17)18)5-11(13)8(10)2/h4-5,7H,6H2,1-3H3,(H,15,16)(H2,14,17,18). The Morgan fingerprint density at radius 3 is 2.60 bits per heavy atom. The van der Waals surface area contributed by atoms with Crippen molar-refractivity contribution in [2.75, 3.05) is 13.7 Å². The van der Waals surface area contributed by atoms with Crippen LogP contribution in [0.15, 0.2) is 21.5 Å². The summed E-state index contributed by atoms with van der Waals surface area (Å²) in [7, 11) is -2.33. The van der Waals surface area contributed by atoms with E-state index in [0.717, 1.165) is 0 Å². The molecule has 1 atom stereocenters. The van der Waals surface area contributed by atoms with Gasteiger partial charge >= 0.3 is 0 Å². The number of ether oxygens (including phenoxy) is 1. The summed E-state index contributed by atoms with van der Waals surface area (Å²) in [4.78, 5) is 12.0. The van der Waals surface area contributed by atoms with Gasteiger partial charge in [-0.25, -0.2) is 13.6 Å². The van der Waals surface area contributed by atoms with Gasteiger partial charge in [0.15, 0.2) is 0 Å². The zero-order valence-corrected chi connectivity index (χ0v) is 13.8. The highest BCUT2D eigenvalue weighted by Crippen LogP contribution is 2.24. The lowest BCUT2D eigenvalue weighted by Gasteiger charge is -2.13. The van der Waals surface area contributed by atoms with Crippen molar-refractivity contribution in [1.82, 2.24) is 5.32 Å². The number of hydrogen-bond acceptors (Lipinski definition) is 4. The van der Waals surface area contributed by atoms with Crippen molar-refractivity contribution in [3.05, 3.63) is 27.7 Å². The van der Waals surface area contributed by atoms with Crippen molar-refractivity contribution in [2.45, 2.75) is 24.8 Å². The van der Waals surface area contributed by atoms with Crippen molar-refractivity contribution in [3.63, 3.8) is 0 Å². The number of sulfonamides is 1. The van der Waals surface area contributed by atoms with Crippen LogP contribution in [0.2, 0.25) is 0 Å². The smallest absolute Gasteiger partial charge is 0.251 e. The highest BCUT2D eigenvalue weighted by molar-refractivity contribution is 9.10. The Hall–Kier alpha value is -0.960. The van der Waals surface area contributed by atoms with Gasteiger partial charge in [-0.2, -0.15) is 0 Å². The van der Waals surface area contributed by atoms with Crippen LogP contribution < -0.4 is 10.5 Å². The number of halogens is 1. The van der Waals surface area contributed by atoms with E-state index in [0.29, 0.717) is 16.6 Å². The van der Waals surface area contributed by atoms with E-state index in [1.54, 1.807) is 14.0 Å². The Labute approximate surface area is 126 Å². The van der Waals surface area contributed by atoms with Crippen LogP contribution in [0.25, 0.3) is 0 Å². The molecule has 1 amide bonds. The monoisotopic (exact) mass is 364 g/mol. The number of amides is 1. The number of rotatable bonds is 5. The maximum absolute atomic E-state index is 12.1. The number of nitrogens with two attached hydrogens (primary N) is 1. The van der Waals surface area contributed by atoms with Crippen LogP contribution >= 0.6 is 15.9 Å². The number of benzene rings is 1. The maximum Gasteiger partial charge on any atom is 0.251 e. The van der Waals surface area contributed by atoms with Crippen LogP contribution in [-0.2, 0) is 14.8 Å². The molecular formula is C12H17BrN2O4S. The Morgan fingerprint density at radius 1 is 1.50 bits per heavy atom. The summed E-state index contributed by atoms with van der Waals surface area (Å²) in [6.45, 7) is 3.85. The number of nitrogens with one attached hydrogen (secondary N) is 1. The molecule has 20 heavy (non-hydrogen) atoms. The summed E-state index contributed by atoms with van der Waals surface area (Å²) in [6, 6.07) is 2.64. The van der Waals surface area contributed by atoms with Crippen LogP contribution in [0.4, 0.5) is 0 Å². The van der Waals surface area contributed by atoms with Crippen LogP contribution in [0.5, 0.6) is 0 Å². The predicted octanol–water partition coefficient (Wildman–Crippen LogP) is 1.17. The summed E-state index contributed by atoms with van der Waals surface area (Å²) < 4.78 is 28.3. The molecule has 0 saturated carbocycles. The zero-order valence-electron chi connectivity index (χ0n) is 11.4. The second-order valence-electron chi connectivity index (χ2n) is 4.38. The first-order chi connectivity index (χ1) is 9.16. The molecule has 1 unspecified atom stereocenters. The molecule has 0 aliphatic carbocycles. The van der Waals surface area contributed by atoms with Crippen molar-refractivity contribution in [1.29, 1.82) is 0 Å². The average molecular weight is 365 g/mol. The Bertz CT molecular complexity index is 616. The molecule has 8 heteroatoms. The number of carbonyl (C=O) groups is 1. The fourth-order valence-electron chi connectivity index (χ4n) is 1.47. The molecular weight excluding hydrogens is 348 g/mol. The Morgan fingerprint density at radius 2 is 2.10 bits per heavy atom. The SMILES string of the molecule is COC(C)CNC(=O)c1cc(S(N)(=O)=O)cc(Br)c1C. The third kappa shape index (κ3) is 4.27. The molecule has 112 valence electrons. The van der Waals surface area contributed by atoms with Gasteiger partial charge in [-0.05, 0) is 31.5 Å². The van der Waals surface area contributed by atoms with Gasteiger partial charge < -0.3 is 10.1 Å². The minimum Gasteiger partial charge on any atom is -0.380 e. The fourth-order valence-corrected chi connectivity index (χ4v) is 2.65. The summed E-state index contributed by atoms with van der Waals surface area (Å²) in [5.74, 6) is -0.377. The molecule has 0 spiro atoms. The normalized spacial score (nSPS) is 13.1. The van der Waals surface area contributed by atoms with Crippen molar-refractivity contribution in [3.8, 4) is 0 Å². The molecule has 3 N–H and O–H groups in total. The number of primary sulfonamides is 1. The molecule has 0 saturated heterocycles. The lowest BCUT2D eigenvalue weighted by atomic mass is 10.1. The molecule has 0 aliphatic heterocycles. The largest absolute Gasteiger partial charge is 0.380 e. The summed E-state index contributed by atoms with van der Waals surface area (Å²) >= 11 is 3.23. The van der Waals surface area contributed by atoms with E-state index in [4.69, 9.17) is 9.88 Å². The summed E-state index contributed by atoms with van der Waals surface area (Å²) in [6.07, 6.45) is -0.135. The lowest BCUT2D eigenvalue weighted by molar-refractivity contribution is 0.0869. The second-order valence-corrected chi connectivity index (χ2v) is 6.79. The molecule has 1 rings (SSSR count). The van der Waals surface area contributed by atoms with Gasteiger partial charge in [0.05, 0.1) is 11.0 Å². The number of hydrogen-bond donors (Lipinski definition) is 2. The first-order valence-corrected chi connectivity index (χ1v) is 8.14. The van der Waals surface area contributed by atoms with Gasteiger partial charge in [0.1, 0.15) is 0 Å². The van der Waals surface area contributed by atoms with Gasteiger partial charge in [-0.3, -0.25) is 4.79 Å². The molecule has 0 heterocycles. The second kappa shape index (κ2) is 6.66. The van der Waals surface area contributed by atoms with E-state index in [9.17, 15) is 13.2 Å². The molecule has 0 bridgehead atoms. The first-order valence-electron chi connectivity index (χ1n) is 5.80.